The first-order valence-corrected chi connectivity index (χ1v) is 7.55. The maximum Gasteiger partial charge on any atom is 0.410 e. The van der Waals surface area contributed by atoms with Crippen LogP contribution in [0.2, 0.25) is 0 Å². The summed E-state index contributed by atoms with van der Waals surface area (Å²) in [6, 6.07) is 0. The molecule has 1 aliphatic rings. The average Bonchev–Trinajstić information content (AvgIpc) is 2.29. The number of likely N-dealkylation sites (tertiary alicyclic amines) is 1. The van der Waals surface area contributed by atoms with Gasteiger partial charge < -0.3 is 15.4 Å². The van der Waals surface area contributed by atoms with Crippen molar-refractivity contribution in [1.82, 2.24) is 4.90 Å². The lowest BCUT2D eigenvalue weighted by Crippen LogP contribution is -2.46. The van der Waals surface area contributed by atoms with E-state index in [0.29, 0.717) is 18.4 Å². The van der Waals surface area contributed by atoms with E-state index in [9.17, 15) is 4.79 Å². The summed E-state index contributed by atoms with van der Waals surface area (Å²) in [5.74, 6) is 1.25. The fourth-order valence-electron chi connectivity index (χ4n) is 2.86. The van der Waals surface area contributed by atoms with Crippen molar-refractivity contribution in [2.75, 3.05) is 19.6 Å². The van der Waals surface area contributed by atoms with Gasteiger partial charge in [-0.05, 0) is 52.0 Å². The number of carbonyl (C=O) groups excluding carboxylic acids is 1. The van der Waals surface area contributed by atoms with E-state index >= 15 is 0 Å². The molecular formula is C15H30N2O2. The largest absolute Gasteiger partial charge is 0.444 e. The van der Waals surface area contributed by atoms with Crippen LogP contribution in [0.5, 0.6) is 0 Å². The van der Waals surface area contributed by atoms with Gasteiger partial charge in [-0.1, -0.05) is 19.8 Å². The van der Waals surface area contributed by atoms with Gasteiger partial charge in [0, 0.05) is 13.1 Å². The molecule has 0 saturated carbocycles. The molecule has 2 unspecified atom stereocenters. The maximum absolute atomic E-state index is 12.1. The number of hydrogen-bond donors (Lipinski definition) is 1. The molecular weight excluding hydrogens is 240 g/mol. The Hall–Kier alpha value is -0.770. The van der Waals surface area contributed by atoms with Crippen LogP contribution in [-0.2, 0) is 4.74 Å². The molecule has 0 aromatic rings. The number of rotatable bonds is 4. The molecule has 1 saturated heterocycles. The Morgan fingerprint density at radius 1 is 1.32 bits per heavy atom. The molecule has 4 heteroatoms. The lowest BCUT2D eigenvalue weighted by molar-refractivity contribution is 0.00894. The summed E-state index contributed by atoms with van der Waals surface area (Å²) in [5, 5.41) is 0. The number of nitrogens with zero attached hydrogens (tertiary/aromatic N) is 1. The molecule has 4 nitrogen and oxygen atoms in total. The molecule has 0 aromatic heterocycles. The molecule has 2 N–H and O–H groups in total. The Bertz CT molecular complexity index is 286. The smallest absolute Gasteiger partial charge is 0.410 e. The maximum atomic E-state index is 12.1. The van der Waals surface area contributed by atoms with Gasteiger partial charge in [0.05, 0.1) is 0 Å². The van der Waals surface area contributed by atoms with Gasteiger partial charge in [-0.2, -0.15) is 0 Å². The SMILES string of the molecule is CCCC1CCN(C(=O)OC(C)(C)C)CC1CCN. The van der Waals surface area contributed by atoms with E-state index < -0.39 is 5.60 Å². The van der Waals surface area contributed by atoms with E-state index in [1.807, 2.05) is 25.7 Å². The Balaban J connectivity index is 2.57. The van der Waals surface area contributed by atoms with Gasteiger partial charge in [-0.3, -0.25) is 0 Å². The molecule has 1 aliphatic heterocycles. The quantitative estimate of drug-likeness (QED) is 0.854. The molecule has 1 heterocycles. The van der Waals surface area contributed by atoms with Crippen LogP contribution in [0.1, 0.15) is 53.4 Å². The Kier molecular flexibility index (Phi) is 6.11. The Morgan fingerprint density at radius 3 is 2.53 bits per heavy atom. The van der Waals surface area contributed by atoms with Gasteiger partial charge in [-0.25, -0.2) is 4.79 Å². The minimum atomic E-state index is -0.416. The summed E-state index contributed by atoms with van der Waals surface area (Å²) in [6.07, 6.45) is 4.36. The zero-order valence-electron chi connectivity index (χ0n) is 12.9. The lowest BCUT2D eigenvalue weighted by atomic mass is 9.81. The summed E-state index contributed by atoms with van der Waals surface area (Å²) in [6.45, 7) is 10.3. The molecule has 1 rings (SSSR count). The van der Waals surface area contributed by atoms with Gasteiger partial charge in [0.1, 0.15) is 5.60 Å². The molecule has 0 radical (unpaired) electrons. The monoisotopic (exact) mass is 270 g/mol. The first-order valence-electron chi connectivity index (χ1n) is 7.55. The highest BCUT2D eigenvalue weighted by atomic mass is 16.6. The van der Waals surface area contributed by atoms with Crippen LogP contribution < -0.4 is 5.73 Å². The third-order valence-electron chi connectivity index (χ3n) is 3.74. The highest BCUT2D eigenvalue weighted by Crippen LogP contribution is 2.30. The summed E-state index contributed by atoms with van der Waals surface area (Å²) in [7, 11) is 0. The molecule has 1 amide bonds. The van der Waals surface area contributed by atoms with E-state index in [1.54, 1.807) is 0 Å². The minimum absolute atomic E-state index is 0.176. The lowest BCUT2D eigenvalue weighted by Gasteiger charge is -2.39. The van der Waals surface area contributed by atoms with Crippen LogP contribution in [0, 0.1) is 11.8 Å². The summed E-state index contributed by atoms with van der Waals surface area (Å²) in [4.78, 5) is 14.0. The van der Waals surface area contributed by atoms with Crippen molar-refractivity contribution in [2.45, 2.75) is 59.0 Å². The fourth-order valence-corrected chi connectivity index (χ4v) is 2.86. The summed E-state index contributed by atoms with van der Waals surface area (Å²) in [5.41, 5.74) is 5.29. The zero-order valence-corrected chi connectivity index (χ0v) is 12.9. The van der Waals surface area contributed by atoms with E-state index in [1.165, 1.54) is 12.8 Å². The average molecular weight is 270 g/mol. The molecule has 2 atom stereocenters. The van der Waals surface area contributed by atoms with Crippen molar-refractivity contribution in [3.63, 3.8) is 0 Å². The predicted molar refractivity (Wildman–Crippen MR) is 78.0 cm³/mol. The second kappa shape index (κ2) is 7.13. The van der Waals surface area contributed by atoms with Crippen LogP contribution in [0.4, 0.5) is 4.79 Å². The number of piperidine rings is 1. The van der Waals surface area contributed by atoms with E-state index in [4.69, 9.17) is 10.5 Å². The number of hydrogen-bond acceptors (Lipinski definition) is 3. The highest BCUT2D eigenvalue weighted by Gasteiger charge is 2.32. The first-order chi connectivity index (χ1) is 8.87. The summed E-state index contributed by atoms with van der Waals surface area (Å²) >= 11 is 0. The number of carbonyl (C=O) groups is 1. The second-order valence-electron chi connectivity index (χ2n) is 6.60. The molecule has 0 aromatic carbocycles. The molecule has 0 aliphatic carbocycles. The molecule has 112 valence electrons. The van der Waals surface area contributed by atoms with Crippen LogP contribution in [-0.4, -0.2) is 36.2 Å². The number of ether oxygens (including phenoxy) is 1. The van der Waals surface area contributed by atoms with Crippen molar-refractivity contribution in [2.24, 2.45) is 17.6 Å². The fraction of sp³-hybridized carbons (Fsp3) is 0.933. The van der Waals surface area contributed by atoms with E-state index in [2.05, 4.69) is 6.92 Å². The number of amides is 1. The van der Waals surface area contributed by atoms with Crippen LogP contribution in [0.15, 0.2) is 0 Å². The Labute approximate surface area is 117 Å². The van der Waals surface area contributed by atoms with Crippen LogP contribution >= 0.6 is 0 Å². The third-order valence-corrected chi connectivity index (χ3v) is 3.74. The highest BCUT2D eigenvalue weighted by molar-refractivity contribution is 5.68. The van der Waals surface area contributed by atoms with Crippen molar-refractivity contribution in [3.05, 3.63) is 0 Å². The van der Waals surface area contributed by atoms with Crippen molar-refractivity contribution in [3.8, 4) is 0 Å². The van der Waals surface area contributed by atoms with E-state index in [-0.39, 0.29) is 6.09 Å². The van der Waals surface area contributed by atoms with Crippen molar-refractivity contribution >= 4 is 6.09 Å². The van der Waals surface area contributed by atoms with Crippen molar-refractivity contribution in [1.29, 1.82) is 0 Å². The number of nitrogens with two attached hydrogens (primary N) is 1. The van der Waals surface area contributed by atoms with E-state index in [0.717, 1.165) is 25.9 Å². The zero-order chi connectivity index (χ0) is 14.5. The summed E-state index contributed by atoms with van der Waals surface area (Å²) < 4.78 is 5.45. The van der Waals surface area contributed by atoms with Crippen LogP contribution in [0.3, 0.4) is 0 Å². The van der Waals surface area contributed by atoms with Gasteiger partial charge in [0.15, 0.2) is 0 Å². The molecule has 19 heavy (non-hydrogen) atoms. The normalized spacial score (nSPS) is 24.4. The molecule has 0 spiro atoms. The molecule has 1 fully saturated rings. The van der Waals surface area contributed by atoms with Gasteiger partial charge in [-0.15, -0.1) is 0 Å². The standard InChI is InChI=1S/C15H30N2O2/c1-5-6-12-8-10-17(11-13(12)7-9-16)14(18)19-15(2,3)4/h12-13H,5-11,16H2,1-4H3. The van der Waals surface area contributed by atoms with Crippen LogP contribution in [0.25, 0.3) is 0 Å². The van der Waals surface area contributed by atoms with Gasteiger partial charge in [0.2, 0.25) is 0 Å². The van der Waals surface area contributed by atoms with Gasteiger partial charge in [0.25, 0.3) is 0 Å². The molecule has 0 bridgehead atoms. The Morgan fingerprint density at radius 2 is 2.00 bits per heavy atom. The topological polar surface area (TPSA) is 55.6 Å². The minimum Gasteiger partial charge on any atom is -0.444 e. The van der Waals surface area contributed by atoms with Crippen molar-refractivity contribution < 1.29 is 9.53 Å². The predicted octanol–water partition coefficient (Wildman–Crippen LogP) is 3.01. The second-order valence-corrected chi connectivity index (χ2v) is 6.60. The third kappa shape index (κ3) is 5.39. The van der Waals surface area contributed by atoms with Gasteiger partial charge >= 0.3 is 6.09 Å². The first kappa shape index (κ1) is 16.3.